The molecule has 1 amide bonds. The van der Waals surface area contributed by atoms with Crippen molar-refractivity contribution >= 4 is 5.91 Å². The van der Waals surface area contributed by atoms with Gasteiger partial charge in [0.1, 0.15) is 12.4 Å². The van der Waals surface area contributed by atoms with Gasteiger partial charge in [-0.3, -0.25) is 4.79 Å². The number of aromatic hydroxyl groups is 1. The predicted octanol–water partition coefficient (Wildman–Crippen LogP) is 1.40. The normalized spacial score (nSPS) is 9.86. The van der Waals surface area contributed by atoms with Gasteiger partial charge in [-0.15, -0.1) is 0 Å². The number of nitrogens with one attached hydrogen (secondary N) is 1. The highest BCUT2D eigenvalue weighted by Crippen LogP contribution is 2.20. The van der Waals surface area contributed by atoms with Crippen LogP contribution in [0, 0.1) is 6.92 Å². The first-order valence-electron chi connectivity index (χ1n) is 4.29. The van der Waals surface area contributed by atoms with Gasteiger partial charge in [0.05, 0.1) is 5.56 Å². The number of phenolic OH excluding ortho intramolecular Hbond substituents is 1. The first-order valence-corrected chi connectivity index (χ1v) is 4.29. The Morgan fingerprint density at radius 1 is 1.57 bits per heavy atom. The molecule has 1 aromatic carbocycles. The van der Waals surface area contributed by atoms with E-state index in [4.69, 9.17) is 0 Å². The van der Waals surface area contributed by atoms with E-state index in [2.05, 4.69) is 5.32 Å². The summed E-state index contributed by atoms with van der Waals surface area (Å²) in [5, 5.41) is 11.9. The molecule has 4 heteroatoms. The zero-order chi connectivity index (χ0) is 10.6. The average molecular weight is 197 g/mol. The highest BCUT2D eigenvalue weighted by Gasteiger charge is 2.11. The van der Waals surface area contributed by atoms with E-state index in [1.807, 2.05) is 0 Å². The molecule has 0 unspecified atom stereocenters. The van der Waals surface area contributed by atoms with Gasteiger partial charge in [0.2, 0.25) is 0 Å². The standard InChI is InChI=1S/C10H12FNO2/c1-7-3-2-4-8(9(7)13)10(14)12-6-5-11/h2-4,13H,5-6H2,1H3,(H,12,14). The highest BCUT2D eigenvalue weighted by atomic mass is 19.1. The maximum Gasteiger partial charge on any atom is 0.255 e. The van der Waals surface area contributed by atoms with Gasteiger partial charge in [-0.05, 0) is 18.6 Å². The van der Waals surface area contributed by atoms with Crippen LogP contribution in [0.5, 0.6) is 5.75 Å². The minimum absolute atomic E-state index is 0.0355. The van der Waals surface area contributed by atoms with Gasteiger partial charge in [0.25, 0.3) is 5.91 Å². The lowest BCUT2D eigenvalue weighted by Crippen LogP contribution is -2.25. The van der Waals surface area contributed by atoms with Crippen LogP contribution in [0.25, 0.3) is 0 Å². The van der Waals surface area contributed by atoms with Gasteiger partial charge >= 0.3 is 0 Å². The summed E-state index contributed by atoms with van der Waals surface area (Å²) in [6.45, 7) is 1.05. The summed E-state index contributed by atoms with van der Waals surface area (Å²) in [5.74, 6) is -0.507. The number of para-hydroxylation sites is 1. The van der Waals surface area contributed by atoms with Crippen molar-refractivity contribution in [2.75, 3.05) is 13.2 Å². The monoisotopic (exact) mass is 197 g/mol. The van der Waals surface area contributed by atoms with Crippen LogP contribution >= 0.6 is 0 Å². The molecule has 2 N–H and O–H groups in total. The van der Waals surface area contributed by atoms with Crippen LogP contribution in [-0.4, -0.2) is 24.2 Å². The molecule has 0 radical (unpaired) electrons. The lowest BCUT2D eigenvalue weighted by Gasteiger charge is -2.06. The van der Waals surface area contributed by atoms with Crippen molar-refractivity contribution in [3.05, 3.63) is 29.3 Å². The van der Waals surface area contributed by atoms with Crippen LogP contribution in [0.1, 0.15) is 15.9 Å². The summed E-state index contributed by atoms with van der Waals surface area (Å²) < 4.78 is 11.8. The molecule has 14 heavy (non-hydrogen) atoms. The second-order valence-corrected chi connectivity index (χ2v) is 2.92. The molecule has 0 fully saturated rings. The molecule has 0 saturated heterocycles. The first kappa shape index (κ1) is 10.5. The van der Waals surface area contributed by atoms with Crippen LogP contribution in [-0.2, 0) is 0 Å². The van der Waals surface area contributed by atoms with Crippen molar-refractivity contribution in [2.45, 2.75) is 6.92 Å². The summed E-state index contributed by atoms with van der Waals surface area (Å²) in [5.41, 5.74) is 0.802. The van der Waals surface area contributed by atoms with Crippen molar-refractivity contribution in [2.24, 2.45) is 0 Å². The lowest BCUT2D eigenvalue weighted by molar-refractivity contribution is 0.0948. The molecule has 0 spiro atoms. The number of phenols is 1. The Hall–Kier alpha value is -1.58. The molecule has 0 aliphatic heterocycles. The fourth-order valence-electron chi connectivity index (χ4n) is 1.10. The quantitative estimate of drug-likeness (QED) is 0.769. The minimum Gasteiger partial charge on any atom is -0.507 e. The van der Waals surface area contributed by atoms with E-state index >= 15 is 0 Å². The van der Waals surface area contributed by atoms with Crippen LogP contribution in [0.3, 0.4) is 0 Å². The highest BCUT2D eigenvalue weighted by molar-refractivity contribution is 5.97. The smallest absolute Gasteiger partial charge is 0.255 e. The van der Waals surface area contributed by atoms with Gasteiger partial charge < -0.3 is 10.4 Å². The number of aryl methyl sites for hydroxylation is 1. The second kappa shape index (κ2) is 4.60. The SMILES string of the molecule is Cc1cccc(C(=O)NCCF)c1O. The lowest BCUT2D eigenvalue weighted by atomic mass is 10.1. The van der Waals surface area contributed by atoms with Crippen LogP contribution in [0.15, 0.2) is 18.2 Å². The number of carbonyl (C=O) groups excluding carboxylic acids is 1. The third-order valence-corrected chi connectivity index (χ3v) is 1.86. The first-order chi connectivity index (χ1) is 6.66. The maximum absolute atomic E-state index is 11.8. The summed E-state index contributed by atoms with van der Waals surface area (Å²) in [6.07, 6.45) is 0. The largest absolute Gasteiger partial charge is 0.507 e. The Balaban J connectivity index is 2.84. The number of halogens is 1. The van der Waals surface area contributed by atoms with Crippen molar-refractivity contribution in [3.63, 3.8) is 0 Å². The van der Waals surface area contributed by atoms with Crippen molar-refractivity contribution < 1.29 is 14.3 Å². The molecule has 0 saturated carbocycles. The van der Waals surface area contributed by atoms with E-state index < -0.39 is 12.6 Å². The Labute approximate surface area is 81.6 Å². The number of hydrogen-bond acceptors (Lipinski definition) is 2. The second-order valence-electron chi connectivity index (χ2n) is 2.92. The molecule has 0 bridgehead atoms. The molecular formula is C10H12FNO2. The number of amides is 1. The molecule has 0 aliphatic rings. The van der Waals surface area contributed by atoms with Crippen LogP contribution in [0.2, 0.25) is 0 Å². The Bertz CT molecular complexity index is 339. The Morgan fingerprint density at radius 2 is 2.29 bits per heavy atom. The van der Waals surface area contributed by atoms with E-state index in [0.717, 1.165) is 0 Å². The predicted molar refractivity (Wildman–Crippen MR) is 51.2 cm³/mol. The number of benzene rings is 1. The summed E-state index contributed by atoms with van der Waals surface area (Å²) in [4.78, 5) is 11.3. The summed E-state index contributed by atoms with van der Waals surface area (Å²) in [7, 11) is 0. The van der Waals surface area contributed by atoms with E-state index in [1.165, 1.54) is 6.07 Å². The molecule has 1 rings (SSSR count). The number of hydrogen-bond donors (Lipinski definition) is 2. The molecule has 76 valence electrons. The molecule has 0 aromatic heterocycles. The van der Waals surface area contributed by atoms with Gasteiger partial charge in [-0.25, -0.2) is 4.39 Å². The van der Waals surface area contributed by atoms with Crippen LogP contribution < -0.4 is 5.32 Å². The van der Waals surface area contributed by atoms with Crippen molar-refractivity contribution in [1.82, 2.24) is 5.32 Å². The van der Waals surface area contributed by atoms with Crippen LogP contribution in [0.4, 0.5) is 4.39 Å². The summed E-state index contributed by atoms with van der Waals surface area (Å²) >= 11 is 0. The number of alkyl halides is 1. The van der Waals surface area contributed by atoms with E-state index in [0.29, 0.717) is 5.56 Å². The van der Waals surface area contributed by atoms with Crippen molar-refractivity contribution in [3.8, 4) is 5.75 Å². The third-order valence-electron chi connectivity index (χ3n) is 1.86. The Kier molecular flexibility index (Phi) is 3.45. The van der Waals surface area contributed by atoms with Gasteiger partial charge in [0.15, 0.2) is 0 Å². The van der Waals surface area contributed by atoms with Gasteiger partial charge in [-0.2, -0.15) is 0 Å². The molecule has 1 aromatic rings. The number of carbonyl (C=O) groups is 1. The zero-order valence-corrected chi connectivity index (χ0v) is 7.88. The fourth-order valence-corrected chi connectivity index (χ4v) is 1.10. The van der Waals surface area contributed by atoms with Crippen molar-refractivity contribution in [1.29, 1.82) is 0 Å². The van der Waals surface area contributed by atoms with E-state index in [1.54, 1.807) is 19.1 Å². The minimum atomic E-state index is -0.613. The maximum atomic E-state index is 11.8. The number of rotatable bonds is 3. The van der Waals surface area contributed by atoms with E-state index in [9.17, 15) is 14.3 Å². The van der Waals surface area contributed by atoms with E-state index in [-0.39, 0.29) is 17.9 Å². The topological polar surface area (TPSA) is 49.3 Å². The molecular weight excluding hydrogens is 185 g/mol. The zero-order valence-electron chi connectivity index (χ0n) is 7.88. The fraction of sp³-hybridized carbons (Fsp3) is 0.300. The average Bonchev–Trinajstić information content (AvgIpc) is 2.18. The molecule has 0 aliphatic carbocycles. The molecule has 0 atom stereocenters. The van der Waals surface area contributed by atoms with Gasteiger partial charge in [0, 0.05) is 6.54 Å². The molecule has 3 nitrogen and oxygen atoms in total. The van der Waals surface area contributed by atoms with Gasteiger partial charge in [-0.1, -0.05) is 12.1 Å². The molecule has 0 heterocycles. The Morgan fingerprint density at radius 3 is 2.93 bits per heavy atom. The third kappa shape index (κ3) is 2.22. The summed E-state index contributed by atoms with van der Waals surface area (Å²) in [6, 6.07) is 4.86.